The summed E-state index contributed by atoms with van der Waals surface area (Å²) >= 11 is 0. The number of rotatable bonds is 2. The zero-order chi connectivity index (χ0) is 15.2. The fourth-order valence-electron chi connectivity index (χ4n) is 4.12. The van der Waals surface area contributed by atoms with Crippen LogP contribution in [0.1, 0.15) is 59.3 Å². The van der Waals surface area contributed by atoms with Crippen LogP contribution in [-0.2, 0) is 9.22 Å². The molecule has 0 amide bonds. The number of carbonyl (C=O) groups excluding carboxylic acids is 1. The first-order valence-electron chi connectivity index (χ1n) is 8.03. The Bertz CT molecular complexity index is 434. The van der Waals surface area contributed by atoms with Crippen LogP contribution in [0.2, 0.25) is 19.6 Å². The molecular weight excluding hydrogens is 264 g/mol. The summed E-state index contributed by atoms with van der Waals surface area (Å²) in [5.41, 5.74) is 1.82. The molecule has 0 aliphatic heterocycles. The number of Topliss-reactive ketones (excluding diaryl/α,β-unsaturated/α-hetero) is 1. The van der Waals surface area contributed by atoms with E-state index in [1.54, 1.807) is 0 Å². The smallest absolute Gasteiger partial charge is 0.184 e. The van der Waals surface area contributed by atoms with Crippen molar-refractivity contribution in [2.24, 2.45) is 5.41 Å². The zero-order valence-electron chi connectivity index (χ0n) is 14.1. The van der Waals surface area contributed by atoms with Gasteiger partial charge < -0.3 is 4.43 Å². The number of ketones is 1. The van der Waals surface area contributed by atoms with E-state index in [0.29, 0.717) is 5.78 Å². The van der Waals surface area contributed by atoms with Gasteiger partial charge in [-0.2, -0.15) is 0 Å². The summed E-state index contributed by atoms with van der Waals surface area (Å²) in [7, 11) is -1.68. The van der Waals surface area contributed by atoms with Gasteiger partial charge in [-0.1, -0.05) is 25.8 Å². The average molecular weight is 295 g/mol. The molecule has 0 saturated heterocycles. The molecule has 0 N–H and O–H groups in total. The first kappa shape index (κ1) is 16.0. The number of hydrogen-bond acceptors (Lipinski definition) is 2. The summed E-state index contributed by atoms with van der Waals surface area (Å²) in [4.78, 5) is 12.9. The Morgan fingerprint density at radius 1 is 1.00 bits per heavy atom. The summed E-state index contributed by atoms with van der Waals surface area (Å²) in [6.07, 6.45) is 6.80. The van der Waals surface area contributed by atoms with E-state index < -0.39 is 8.32 Å². The highest BCUT2D eigenvalue weighted by atomic mass is 28.4. The quantitative estimate of drug-likeness (QED) is 0.537. The monoisotopic (exact) mass is 294 g/mol. The highest BCUT2D eigenvalue weighted by molar-refractivity contribution is 6.69. The van der Waals surface area contributed by atoms with Gasteiger partial charge in [0.25, 0.3) is 0 Å². The molecule has 0 bridgehead atoms. The maximum atomic E-state index is 12.9. The van der Waals surface area contributed by atoms with Gasteiger partial charge in [0.15, 0.2) is 14.1 Å². The number of carbonyl (C=O) groups is 1. The second-order valence-corrected chi connectivity index (χ2v) is 12.8. The minimum absolute atomic E-state index is 0.270. The molecule has 114 valence electrons. The Hall–Kier alpha value is -0.413. The van der Waals surface area contributed by atoms with Crippen LogP contribution in [0, 0.1) is 5.41 Å². The Morgan fingerprint density at radius 3 is 2.05 bits per heavy atom. The SMILES string of the molecule is CC1(C)CC(C)(O[Si](C)(C)C)C(=C2CCCCC2)C1=O. The van der Waals surface area contributed by atoms with E-state index in [0.717, 1.165) is 24.8 Å². The molecule has 0 aromatic heterocycles. The van der Waals surface area contributed by atoms with Gasteiger partial charge in [-0.25, -0.2) is 0 Å². The molecule has 2 aliphatic rings. The minimum atomic E-state index is -1.68. The van der Waals surface area contributed by atoms with Crippen LogP contribution < -0.4 is 0 Å². The van der Waals surface area contributed by atoms with Crippen LogP contribution in [0.25, 0.3) is 0 Å². The lowest BCUT2D eigenvalue weighted by Crippen LogP contribution is -2.41. The van der Waals surface area contributed by atoms with Gasteiger partial charge in [0, 0.05) is 11.0 Å². The normalized spacial score (nSPS) is 31.0. The van der Waals surface area contributed by atoms with Gasteiger partial charge in [0.05, 0.1) is 5.60 Å². The third-order valence-corrected chi connectivity index (χ3v) is 5.55. The van der Waals surface area contributed by atoms with Crippen molar-refractivity contribution >= 4 is 14.1 Å². The Labute approximate surface area is 125 Å². The molecule has 0 spiro atoms. The molecular formula is C17H30O2Si. The van der Waals surface area contributed by atoms with Crippen LogP contribution in [0.15, 0.2) is 11.1 Å². The largest absolute Gasteiger partial charge is 0.408 e. The molecule has 0 aromatic carbocycles. The van der Waals surface area contributed by atoms with E-state index in [9.17, 15) is 4.79 Å². The predicted octanol–water partition coefficient (Wildman–Crippen LogP) is 4.86. The summed E-state index contributed by atoms with van der Waals surface area (Å²) < 4.78 is 6.52. The van der Waals surface area contributed by atoms with Crippen molar-refractivity contribution in [2.75, 3.05) is 0 Å². The van der Waals surface area contributed by atoms with Crippen molar-refractivity contribution in [3.8, 4) is 0 Å². The maximum Gasteiger partial charge on any atom is 0.184 e. The van der Waals surface area contributed by atoms with Gasteiger partial charge in [-0.15, -0.1) is 0 Å². The van der Waals surface area contributed by atoms with Crippen molar-refractivity contribution in [1.29, 1.82) is 0 Å². The summed E-state index contributed by atoms with van der Waals surface area (Å²) in [5, 5.41) is 0. The van der Waals surface area contributed by atoms with E-state index in [-0.39, 0.29) is 11.0 Å². The standard InChI is InChI=1S/C17H30O2Si/c1-16(2)12-17(3,19-20(4,5)6)14(15(16)18)13-10-8-7-9-11-13/h7-12H2,1-6H3. The fraction of sp³-hybridized carbons (Fsp3) is 0.824. The topological polar surface area (TPSA) is 26.3 Å². The second kappa shape index (κ2) is 5.10. The molecule has 2 rings (SSSR count). The second-order valence-electron chi connectivity index (χ2n) is 8.37. The molecule has 0 aromatic rings. The van der Waals surface area contributed by atoms with Gasteiger partial charge >= 0.3 is 0 Å². The van der Waals surface area contributed by atoms with E-state index in [1.807, 2.05) is 0 Å². The molecule has 1 unspecified atom stereocenters. The summed E-state index contributed by atoms with van der Waals surface area (Å²) in [6.45, 7) is 13.0. The van der Waals surface area contributed by atoms with E-state index in [4.69, 9.17) is 4.43 Å². The molecule has 0 radical (unpaired) electrons. The third-order valence-electron chi connectivity index (χ3n) is 4.49. The van der Waals surface area contributed by atoms with Crippen LogP contribution in [0.3, 0.4) is 0 Å². The minimum Gasteiger partial charge on any atom is -0.408 e. The van der Waals surface area contributed by atoms with Crippen molar-refractivity contribution < 1.29 is 9.22 Å². The van der Waals surface area contributed by atoms with Gasteiger partial charge in [-0.3, -0.25) is 4.79 Å². The lowest BCUT2D eigenvalue weighted by molar-refractivity contribution is -0.121. The van der Waals surface area contributed by atoms with Crippen molar-refractivity contribution in [1.82, 2.24) is 0 Å². The molecule has 3 heteroatoms. The number of hydrogen-bond donors (Lipinski definition) is 0. The molecule has 2 fully saturated rings. The van der Waals surface area contributed by atoms with Crippen LogP contribution in [0.4, 0.5) is 0 Å². The number of allylic oxidation sites excluding steroid dienone is 1. The van der Waals surface area contributed by atoms with E-state index in [2.05, 4.69) is 40.4 Å². The van der Waals surface area contributed by atoms with E-state index >= 15 is 0 Å². The predicted molar refractivity (Wildman–Crippen MR) is 86.4 cm³/mol. The molecule has 20 heavy (non-hydrogen) atoms. The Morgan fingerprint density at radius 2 is 1.55 bits per heavy atom. The van der Waals surface area contributed by atoms with Crippen molar-refractivity contribution in [3.05, 3.63) is 11.1 Å². The molecule has 2 saturated carbocycles. The maximum absolute atomic E-state index is 12.9. The van der Waals surface area contributed by atoms with Gasteiger partial charge in [-0.05, 0) is 58.7 Å². The van der Waals surface area contributed by atoms with Gasteiger partial charge in [0.2, 0.25) is 0 Å². The van der Waals surface area contributed by atoms with Gasteiger partial charge in [0.1, 0.15) is 0 Å². The highest BCUT2D eigenvalue weighted by Gasteiger charge is 2.53. The van der Waals surface area contributed by atoms with Crippen LogP contribution >= 0.6 is 0 Å². The lowest BCUT2D eigenvalue weighted by atomic mass is 9.85. The molecule has 2 aliphatic carbocycles. The Kier molecular flexibility index (Phi) is 4.07. The highest BCUT2D eigenvalue weighted by Crippen LogP contribution is 2.50. The molecule has 1 atom stereocenters. The average Bonchev–Trinajstić information content (AvgIpc) is 2.43. The lowest BCUT2D eigenvalue weighted by Gasteiger charge is -2.35. The fourth-order valence-corrected chi connectivity index (χ4v) is 5.64. The Balaban J connectivity index is 2.45. The first-order chi connectivity index (χ1) is 9.05. The third kappa shape index (κ3) is 3.09. The summed E-state index contributed by atoms with van der Waals surface area (Å²) in [6, 6.07) is 0. The van der Waals surface area contributed by atoms with Crippen LogP contribution in [0.5, 0.6) is 0 Å². The van der Waals surface area contributed by atoms with Crippen molar-refractivity contribution in [2.45, 2.75) is 84.5 Å². The van der Waals surface area contributed by atoms with Crippen molar-refractivity contribution in [3.63, 3.8) is 0 Å². The first-order valence-corrected chi connectivity index (χ1v) is 11.4. The van der Waals surface area contributed by atoms with Crippen LogP contribution in [-0.4, -0.2) is 19.7 Å². The molecule has 0 heterocycles. The summed E-state index contributed by atoms with van der Waals surface area (Å²) in [5.74, 6) is 0.343. The molecule has 2 nitrogen and oxygen atoms in total. The van der Waals surface area contributed by atoms with E-state index in [1.165, 1.54) is 24.8 Å². The zero-order valence-corrected chi connectivity index (χ0v) is 15.1.